The minimum absolute atomic E-state index is 0.309. The fourth-order valence-electron chi connectivity index (χ4n) is 1.35. The zero-order chi connectivity index (χ0) is 11.4. The van der Waals surface area contributed by atoms with Gasteiger partial charge in [-0.1, -0.05) is 27.7 Å². The lowest BCUT2D eigenvalue weighted by Gasteiger charge is -2.09. The van der Waals surface area contributed by atoms with E-state index in [-0.39, 0.29) is 0 Å². The summed E-state index contributed by atoms with van der Waals surface area (Å²) in [5.41, 5.74) is 1.49. The van der Waals surface area contributed by atoms with E-state index in [0.717, 1.165) is 17.9 Å². The number of hydrogen-bond acceptors (Lipinski definition) is 3. The molecule has 0 saturated heterocycles. The molecule has 0 atom stereocenters. The first-order valence-corrected chi connectivity index (χ1v) is 5.30. The molecule has 0 unspecified atom stereocenters. The summed E-state index contributed by atoms with van der Waals surface area (Å²) in [7, 11) is 0. The molecule has 80 valence electrons. The Kier molecular flexibility index (Phi) is 3.79. The van der Waals surface area contributed by atoms with Crippen LogP contribution >= 0.6 is 0 Å². The number of hydrogen-bond donors (Lipinski definition) is 0. The fourth-order valence-corrected chi connectivity index (χ4v) is 1.35. The number of nitriles is 1. The van der Waals surface area contributed by atoms with Gasteiger partial charge in [0, 0.05) is 12.1 Å². The quantitative estimate of drug-likeness (QED) is 0.758. The van der Waals surface area contributed by atoms with Crippen LogP contribution in [0.5, 0.6) is 0 Å². The average molecular weight is 203 g/mol. The molecule has 0 aromatic carbocycles. The molecule has 1 aromatic rings. The first kappa shape index (κ1) is 11.6. The Balaban J connectivity index is 3.09. The van der Waals surface area contributed by atoms with Crippen molar-refractivity contribution in [3.63, 3.8) is 0 Å². The van der Waals surface area contributed by atoms with Crippen LogP contribution in [-0.4, -0.2) is 9.97 Å². The highest BCUT2D eigenvalue weighted by Crippen LogP contribution is 2.14. The topological polar surface area (TPSA) is 49.6 Å². The van der Waals surface area contributed by atoms with E-state index in [1.54, 1.807) is 6.20 Å². The highest BCUT2D eigenvalue weighted by atomic mass is 14.9. The smallest absolute Gasteiger partial charge is 0.131 e. The summed E-state index contributed by atoms with van der Waals surface area (Å²) < 4.78 is 0. The minimum atomic E-state index is 0.309. The van der Waals surface area contributed by atoms with Crippen molar-refractivity contribution >= 4 is 0 Å². The molecule has 0 aliphatic carbocycles. The maximum atomic E-state index is 8.93. The third-order valence-electron chi connectivity index (χ3n) is 2.12. The van der Waals surface area contributed by atoms with Gasteiger partial charge < -0.3 is 0 Å². The second-order valence-corrected chi connectivity index (χ2v) is 4.45. The highest BCUT2D eigenvalue weighted by molar-refractivity contribution is 5.31. The van der Waals surface area contributed by atoms with E-state index < -0.39 is 0 Å². The summed E-state index contributed by atoms with van der Waals surface area (Å²) in [5, 5.41) is 8.93. The number of aromatic nitrogens is 2. The van der Waals surface area contributed by atoms with Gasteiger partial charge in [0.2, 0.25) is 0 Å². The zero-order valence-electron chi connectivity index (χ0n) is 9.78. The van der Waals surface area contributed by atoms with Crippen molar-refractivity contribution in [2.75, 3.05) is 0 Å². The Morgan fingerprint density at radius 3 is 2.47 bits per heavy atom. The van der Waals surface area contributed by atoms with E-state index in [1.807, 2.05) is 0 Å². The molecule has 1 aromatic heterocycles. The van der Waals surface area contributed by atoms with E-state index in [0.29, 0.717) is 17.4 Å². The predicted molar refractivity (Wildman–Crippen MR) is 59.4 cm³/mol. The van der Waals surface area contributed by atoms with Crippen LogP contribution in [0.25, 0.3) is 0 Å². The molecular formula is C12H17N3. The van der Waals surface area contributed by atoms with Gasteiger partial charge in [-0.2, -0.15) is 5.26 Å². The molecule has 0 bridgehead atoms. The van der Waals surface area contributed by atoms with Crippen LogP contribution in [0.15, 0.2) is 6.20 Å². The Morgan fingerprint density at radius 1 is 1.33 bits per heavy atom. The number of rotatable bonds is 3. The fraction of sp³-hybridized carbons (Fsp3) is 0.583. The molecular weight excluding hydrogens is 186 g/mol. The van der Waals surface area contributed by atoms with Gasteiger partial charge in [-0.3, -0.25) is 0 Å². The summed E-state index contributed by atoms with van der Waals surface area (Å²) in [5.74, 6) is 1.64. The van der Waals surface area contributed by atoms with Crippen molar-refractivity contribution < 1.29 is 0 Å². The van der Waals surface area contributed by atoms with E-state index in [9.17, 15) is 0 Å². The summed E-state index contributed by atoms with van der Waals surface area (Å²) >= 11 is 0. The standard InChI is InChI=1S/C12H17N3/c1-8(2)5-11-10(6-13)7-14-12(15-11)9(3)4/h7-9H,5H2,1-4H3. The van der Waals surface area contributed by atoms with Crippen LogP contribution in [0.1, 0.15) is 50.7 Å². The summed E-state index contributed by atoms with van der Waals surface area (Å²) in [4.78, 5) is 8.63. The van der Waals surface area contributed by atoms with Crippen LogP contribution in [0.2, 0.25) is 0 Å². The first-order valence-electron chi connectivity index (χ1n) is 5.30. The molecule has 0 N–H and O–H groups in total. The van der Waals surface area contributed by atoms with Gasteiger partial charge in [0.15, 0.2) is 0 Å². The Morgan fingerprint density at radius 2 is 2.00 bits per heavy atom. The molecule has 15 heavy (non-hydrogen) atoms. The van der Waals surface area contributed by atoms with Crippen LogP contribution < -0.4 is 0 Å². The minimum Gasteiger partial charge on any atom is -0.240 e. The van der Waals surface area contributed by atoms with Gasteiger partial charge in [-0.25, -0.2) is 9.97 Å². The van der Waals surface area contributed by atoms with Gasteiger partial charge in [0.25, 0.3) is 0 Å². The van der Waals surface area contributed by atoms with Gasteiger partial charge in [0.1, 0.15) is 11.9 Å². The first-order chi connectivity index (χ1) is 7.04. The van der Waals surface area contributed by atoms with Crippen molar-refractivity contribution in [2.24, 2.45) is 5.92 Å². The molecule has 0 radical (unpaired) electrons. The van der Waals surface area contributed by atoms with E-state index in [4.69, 9.17) is 5.26 Å². The van der Waals surface area contributed by atoms with Gasteiger partial charge in [-0.15, -0.1) is 0 Å². The molecule has 0 spiro atoms. The summed E-state index contributed by atoms with van der Waals surface area (Å²) in [6, 6.07) is 2.14. The van der Waals surface area contributed by atoms with Crippen molar-refractivity contribution in [1.29, 1.82) is 5.26 Å². The third kappa shape index (κ3) is 3.02. The lowest BCUT2D eigenvalue weighted by molar-refractivity contribution is 0.624. The Labute approximate surface area is 91.2 Å². The van der Waals surface area contributed by atoms with Crippen molar-refractivity contribution in [1.82, 2.24) is 9.97 Å². The second kappa shape index (κ2) is 4.88. The second-order valence-electron chi connectivity index (χ2n) is 4.45. The molecule has 0 aliphatic heterocycles. The van der Waals surface area contributed by atoms with E-state index >= 15 is 0 Å². The van der Waals surface area contributed by atoms with Crippen molar-refractivity contribution in [3.8, 4) is 6.07 Å². The molecule has 1 rings (SSSR count). The van der Waals surface area contributed by atoms with Crippen LogP contribution in [0.4, 0.5) is 0 Å². The third-order valence-corrected chi connectivity index (χ3v) is 2.12. The normalized spacial score (nSPS) is 10.7. The largest absolute Gasteiger partial charge is 0.240 e. The van der Waals surface area contributed by atoms with Gasteiger partial charge in [-0.05, 0) is 12.3 Å². The van der Waals surface area contributed by atoms with Crippen LogP contribution in [-0.2, 0) is 6.42 Å². The zero-order valence-corrected chi connectivity index (χ0v) is 9.78. The van der Waals surface area contributed by atoms with E-state index in [2.05, 4.69) is 43.7 Å². The van der Waals surface area contributed by atoms with Gasteiger partial charge in [0.05, 0.1) is 11.3 Å². The van der Waals surface area contributed by atoms with Crippen LogP contribution in [0.3, 0.4) is 0 Å². The molecule has 0 aliphatic rings. The maximum absolute atomic E-state index is 8.93. The average Bonchev–Trinajstić information content (AvgIpc) is 2.16. The van der Waals surface area contributed by atoms with Crippen molar-refractivity contribution in [3.05, 3.63) is 23.3 Å². The SMILES string of the molecule is CC(C)Cc1nc(C(C)C)ncc1C#N. The van der Waals surface area contributed by atoms with E-state index in [1.165, 1.54) is 0 Å². The molecule has 0 amide bonds. The Hall–Kier alpha value is -1.43. The maximum Gasteiger partial charge on any atom is 0.131 e. The number of nitrogens with zero attached hydrogens (tertiary/aromatic N) is 3. The molecule has 1 heterocycles. The lowest BCUT2D eigenvalue weighted by Crippen LogP contribution is -2.06. The monoisotopic (exact) mass is 203 g/mol. The summed E-state index contributed by atoms with van der Waals surface area (Å²) in [6.45, 7) is 8.36. The van der Waals surface area contributed by atoms with Crippen molar-refractivity contribution in [2.45, 2.75) is 40.0 Å². The molecule has 3 heteroatoms. The Bertz CT molecular complexity index is 375. The molecule has 0 saturated carbocycles. The predicted octanol–water partition coefficient (Wildman–Crippen LogP) is 2.67. The van der Waals surface area contributed by atoms with Crippen LogP contribution in [0, 0.1) is 17.2 Å². The molecule has 3 nitrogen and oxygen atoms in total. The summed E-state index contributed by atoms with van der Waals surface area (Å²) in [6.07, 6.45) is 2.48. The highest BCUT2D eigenvalue weighted by Gasteiger charge is 2.10. The molecule has 0 fully saturated rings. The lowest BCUT2D eigenvalue weighted by atomic mass is 10.0. The van der Waals surface area contributed by atoms with Gasteiger partial charge >= 0.3 is 0 Å².